The van der Waals surface area contributed by atoms with Gasteiger partial charge in [0.25, 0.3) is 0 Å². The molecule has 0 aliphatic rings. The number of benzene rings is 1. The number of halogens is 1. The van der Waals surface area contributed by atoms with Gasteiger partial charge in [0.05, 0.1) is 12.2 Å². The van der Waals surface area contributed by atoms with Gasteiger partial charge in [-0.25, -0.2) is 4.39 Å². The Balaban J connectivity index is 2.96. The van der Waals surface area contributed by atoms with E-state index in [-0.39, 0.29) is 5.75 Å². The number of nitrogens with one attached hydrogen (secondary N) is 1. The van der Waals surface area contributed by atoms with E-state index in [9.17, 15) is 9.50 Å². The first-order valence-corrected chi connectivity index (χ1v) is 5.31. The highest BCUT2D eigenvalue weighted by molar-refractivity contribution is 5.32. The van der Waals surface area contributed by atoms with E-state index < -0.39 is 11.4 Å². The Kier molecular flexibility index (Phi) is 4.26. The van der Waals surface area contributed by atoms with Crippen molar-refractivity contribution in [3.8, 4) is 5.75 Å². The summed E-state index contributed by atoms with van der Waals surface area (Å²) >= 11 is 0. The van der Waals surface area contributed by atoms with Gasteiger partial charge >= 0.3 is 0 Å². The summed E-state index contributed by atoms with van der Waals surface area (Å²) < 4.78 is 18.6. The Hall–Kier alpha value is -1.13. The lowest BCUT2D eigenvalue weighted by atomic mass is 9.96. The second kappa shape index (κ2) is 5.27. The first-order valence-electron chi connectivity index (χ1n) is 5.31. The number of aliphatic hydroxyl groups is 1. The predicted molar refractivity (Wildman–Crippen MR) is 61.1 cm³/mol. The maximum absolute atomic E-state index is 13.6. The van der Waals surface area contributed by atoms with Gasteiger partial charge in [0, 0.05) is 6.54 Å². The van der Waals surface area contributed by atoms with Gasteiger partial charge in [0.1, 0.15) is 0 Å². The predicted octanol–water partition coefficient (Wildman–Crippen LogP) is 1.65. The first-order chi connectivity index (χ1) is 7.51. The van der Waals surface area contributed by atoms with Crippen LogP contribution in [-0.4, -0.2) is 25.3 Å². The maximum atomic E-state index is 13.6. The van der Waals surface area contributed by atoms with Gasteiger partial charge in [-0.2, -0.15) is 0 Å². The van der Waals surface area contributed by atoms with Crippen LogP contribution < -0.4 is 10.1 Å². The van der Waals surface area contributed by atoms with Crippen molar-refractivity contribution in [3.05, 3.63) is 29.6 Å². The molecule has 0 heterocycles. The van der Waals surface area contributed by atoms with Crippen molar-refractivity contribution in [2.75, 3.05) is 20.2 Å². The number of rotatable bonds is 5. The van der Waals surface area contributed by atoms with Gasteiger partial charge in [-0.15, -0.1) is 0 Å². The van der Waals surface area contributed by atoms with E-state index in [0.29, 0.717) is 18.7 Å². The minimum atomic E-state index is -1.08. The van der Waals surface area contributed by atoms with Crippen LogP contribution >= 0.6 is 0 Å². The zero-order valence-corrected chi connectivity index (χ0v) is 9.88. The van der Waals surface area contributed by atoms with Crippen molar-refractivity contribution in [2.45, 2.75) is 19.4 Å². The van der Waals surface area contributed by atoms with Gasteiger partial charge in [-0.1, -0.05) is 6.07 Å². The normalized spacial score (nSPS) is 14.6. The van der Waals surface area contributed by atoms with E-state index in [1.807, 2.05) is 0 Å². The Morgan fingerprint density at radius 3 is 2.69 bits per heavy atom. The second-order valence-electron chi connectivity index (χ2n) is 3.88. The third-order valence-electron chi connectivity index (χ3n) is 2.37. The number of likely N-dealkylation sites (N-methyl/N-ethyl adjacent to an activating group) is 1. The molecular formula is C12H18FNO2. The quantitative estimate of drug-likeness (QED) is 0.803. The average molecular weight is 227 g/mol. The van der Waals surface area contributed by atoms with Crippen LogP contribution in [0.15, 0.2) is 18.2 Å². The molecule has 1 aromatic rings. The van der Waals surface area contributed by atoms with E-state index in [4.69, 9.17) is 4.74 Å². The largest absolute Gasteiger partial charge is 0.491 e. The molecule has 1 aromatic carbocycles. The zero-order chi connectivity index (χ0) is 12.2. The molecule has 0 saturated carbocycles. The van der Waals surface area contributed by atoms with E-state index in [2.05, 4.69) is 5.32 Å². The van der Waals surface area contributed by atoms with Crippen molar-refractivity contribution in [2.24, 2.45) is 0 Å². The summed E-state index contributed by atoms with van der Waals surface area (Å²) in [6.07, 6.45) is 0. The van der Waals surface area contributed by atoms with Crippen molar-refractivity contribution in [3.63, 3.8) is 0 Å². The van der Waals surface area contributed by atoms with Crippen molar-refractivity contribution in [1.82, 2.24) is 5.32 Å². The minimum Gasteiger partial charge on any atom is -0.491 e. The summed E-state index contributed by atoms with van der Waals surface area (Å²) in [5.41, 5.74) is -0.553. The van der Waals surface area contributed by atoms with Crippen LogP contribution in [0.4, 0.5) is 4.39 Å². The van der Waals surface area contributed by atoms with Crippen molar-refractivity contribution < 1.29 is 14.2 Å². The first kappa shape index (κ1) is 12.9. The molecule has 4 heteroatoms. The van der Waals surface area contributed by atoms with Crippen LogP contribution in [0.1, 0.15) is 19.4 Å². The lowest BCUT2D eigenvalue weighted by molar-refractivity contribution is 0.0587. The van der Waals surface area contributed by atoms with E-state index in [0.717, 1.165) is 0 Å². The van der Waals surface area contributed by atoms with Crippen LogP contribution in [0.25, 0.3) is 0 Å². The third kappa shape index (κ3) is 2.93. The fourth-order valence-electron chi connectivity index (χ4n) is 1.55. The molecule has 3 nitrogen and oxygen atoms in total. The third-order valence-corrected chi connectivity index (χ3v) is 2.37. The topological polar surface area (TPSA) is 41.5 Å². The highest BCUT2D eigenvalue weighted by Crippen LogP contribution is 2.25. The molecule has 90 valence electrons. The van der Waals surface area contributed by atoms with Crippen molar-refractivity contribution in [1.29, 1.82) is 0 Å². The number of hydrogen-bond donors (Lipinski definition) is 2. The Morgan fingerprint density at radius 1 is 1.50 bits per heavy atom. The Bertz CT molecular complexity index is 353. The Labute approximate surface area is 95.2 Å². The molecule has 16 heavy (non-hydrogen) atoms. The molecule has 0 radical (unpaired) electrons. The van der Waals surface area contributed by atoms with E-state index >= 15 is 0 Å². The molecule has 2 N–H and O–H groups in total. The number of hydrogen-bond acceptors (Lipinski definition) is 3. The molecule has 0 fully saturated rings. The molecule has 0 bridgehead atoms. The lowest BCUT2D eigenvalue weighted by Crippen LogP contribution is -2.33. The molecule has 0 aliphatic carbocycles. The van der Waals surface area contributed by atoms with Gasteiger partial charge < -0.3 is 15.2 Å². The van der Waals surface area contributed by atoms with Crippen LogP contribution in [0, 0.1) is 5.82 Å². The molecule has 0 spiro atoms. The zero-order valence-electron chi connectivity index (χ0n) is 9.88. The SMILES string of the molecule is CCOc1ccc(C(C)(O)CNC)cc1F. The maximum Gasteiger partial charge on any atom is 0.165 e. The van der Waals surface area contributed by atoms with E-state index in [1.165, 1.54) is 12.1 Å². The molecular weight excluding hydrogens is 209 g/mol. The number of ether oxygens (including phenoxy) is 1. The fourth-order valence-corrected chi connectivity index (χ4v) is 1.55. The second-order valence-corrected chi connectivity index (χ2v) is 3.88. The van der Waals surface area contributed by atoms with Gasteiger partial charge in [0.2, 0.25) is 0 Å². The summed E-state index contributed by atoms with van der Waals surface area (Å²) in [7, 11) is 1.74. The fraction of sp³-hybridized carbons (Fsp3) is 0.500. The molecule has 0 saturated heterocycles. The standard InChI is InChI=1S/C12H18FNO2/c1-4-16-11-6-5-9(7-10(11)13)12(2,15)8-14-3/h5-7,14-15H,4,8H2,1-3H3. The minimum absolute atomic E-state index is 0.214. The Morgan fingerprint density at radius 2 is 2.19 bits per heavy atom. The highest BCUT2D eigenvalue weighted by atomic mass is 19.1. The summed E-state index contributed by atoms with van der Waals surface area (Å²) in [5, 5.41) is 12.9. The van der Waals surface area contributed by atoms with Crippen molar-refractivity contribution >= 4 is 0 Å². The average Bonchev–Trinajstić information content (AvgIpc) is 2.21. The van der Waals surface area contributed by atoms with Gasteiger partial charge in [-0.3, -0.25) is 0 Å². The molecule has 0 amide bonds. The molecule has 1 unspecified atom stereocenters. The smallest absolute Gasteiger partial charge is 0.165 e. The summed E-state index contributed by atoms with van der Waals surface area (Å²) in [6.45, 7) is 4.22. The summed E-state index contributed by atoms with van der Waals surface area (Å²) in [4.78, 5) is 0. The van der Waals surface area contributed by atoms with Crippen LogP contribution in [0.2, 0.25) is 0 Å². The monoisotopic (exact) mass is 227 g/mol. The molecule has 1 rings (SSSR count). The molecule has 1 atom stereocenters. The van der Waals surface area contributed by atoms with Crippen LogP contribution in [0.5, 0.6) is 5.75 Å². The molecule has 0 aromatic heterocycles. The van der Waals surface area contributed by atoms with Crippen LogP contribution in [0.3, 0.4) is 0 Å². The summed E-state index contributed by atoms with van der Waals surface area (Å²) in [5.74, 6) is -0.234. The van der Waals surface area contributed by atoms with Gasteiger partial charge in [0.15, 0.2) is 11.6 Å². The highest BCUT2D eigenvalue weighted by Gasteiger charge is 2.23. The molecule has 0 aliphatic heterocycles. The van der Waals surface area contributed by atoms with Crippen LogP contribution in [-0.2, 0) is 5.60 Å². The lowest BCUT2D eigenvalue weighted by Gasteiger charge is -2.23. The summed E-state index contributed by atoms with van der Waals surface area (Å²) in [6, 6.07) is 4.52. The van der Waals surface area contributed by atoms with Gasteiger partial charge in [-0.05, 0) is 38.6 Å². The van der Waals surface area contributed by atoms with E-state index in [1.54, 1.807) is 27.0 Å².